The first-order valence-electron chi connectivity index (χ1n) is 7.48. The predicted octanol–water partition coefficient (Wildman–Crippen LogP) is 1.28. The third-order valence-corrected chi connectivity index (χ3v) is 3.90. The van der Waals surface area contributed by atoms with Crippen LogP contribution in [0.4, 0.5) is 0 Å². The summed E-state index contributed by atoms with van der Waals surface area (Å²) in [5.74, 6) is 0.0113. The zero-order valence-corrected chi connectivity index (χ0v) is 13.1. The molecule has 0 saturated carbocycles. The summed E-state index contributed by atoms with van der Waals surface area (Å²) >= 11 is 0. The molecule has 0 fully saturated rings. The number of hydrogen-bond donors (Lipinski definition) is 1. The quantitative estimate of drug-likeness (QED) is 0.914. The largest absolute Gasteiger partial charge is 0.456 e. The minimum Gasteiger partial charge on any atom is -0.456 e. The van der Waals surface area contributed by atoms with E-state index >= 15 is 0 Å². The minimum absolute atomic E-state index is 0.0113. The van der Waals surface area contributed by atoms with Gasteiger partial charge in [-0.05, 0) is 30.4 Å². The zero-order chi connectivity index (χ0) is 15.7. The molecule has 2 aliphatic rings. The van der Waals surface area contributed by atoms with Crippen LogP contribution in [0, 0.1) is 0 Å². The molecule has 0 spiro atoms. The fourth-order valence-corrected chi connectivity index (χ4v) is 2.60. The van der Waals surface area contributed by atoms with Gasteiger partial charge in [0.05, 0.1) is 0 Å². The van der Waals surface area contributed by atoms with Crippen LogP contribution < -0.4 is 16.1 Å². The third-order valence-electron chi connectivity index (χ3n) is 3.90. The lowest BCUT2D eigenvalue weighted by molar-refractivity contribution is -0.119. The Hall–Kier alpha value is -2.49. The van der Waals surface area contributed by atoms with Crippen LogP contribution in [0.25, 0.3) is 18.2 Å². The molecule has 4 heteroatoms. The monoisotopic (exact) mass is 296 g/mol. The van der Waals surface area contributed by atoms with Gasteiger partial charge in [-0.2, -0.15) is 0 Å². The van der Waals surface area contributed by atoms with Gasteiger partial charge in [0.1, 0.15) is 10.8 Å². The summed E-state index contributed by atoms with van der Waals surface area (Å²) in [5.41, 5.74) is 6.00. The number of carbonyl (C=O) groups is 1. The SMILES string of the molecule is CCC(=O)NC1=Cc2c3c(oc2=CC=C1)=CC=C(N(C)C)C3. The van der Waals surface area contributed by atoms with Crippen molar-refractivity contribution in [2.75, 3.05) is 14.1 Å². The van der Waals surface area contributed by atoms with Gasteiger partial charge in [0, 0.05) is 49.5 Å². The summed E-state index contributed by atoms with van der Waals surface area (Å²) in [6.45, 7) is 1.84. The number of likely N-dealkylation sites (N-methyl/N-ethyl adjacent to an activating group) is 1. The lowest BCUT2D eigenvalue weighted by atomic mass is 10.0. The number of carbonyl (C=O) groups excluding carboxylic acids is 1. The van der Waals surface area contributed by atoms with Gasteiger partial charge in [-0.1, -0.05) is 13.0 Å². The van der Waals surface area contributed by atoms with Crippen molar-refractivity contribution in [2.24, 2.45) is 0 Å². The maximum Gasteiger partial charge on any atom is 0.224 e. The van der Waals surface area contributed by atoms with E-state index in [1.807, 2.05) is 51.4 Å². The van der Waals surface area contributed by atoms with Crippen molar-refractivity contribution >= 4 is 24.1 Å². The molecule has 2 aliphatic carbocycles. The van der Waals surface area contributed by atoms with Crippen LogP contribution in [0.2, 0.25) is 0 Å². The summed E-state index contributed by atoms with van der Waals surface area (Å²) in [6.07, 6.45) is 13.1. The molecule has 0 atom stereocenters. The fourth-order valence-electron chi connectivity index (χ4n) is 2.60. The van der Waals surface area contributed by atoms with E-state index in [0.717, 1.165) is 28.5 Å². The summed E-state index contributed by atoms with van der Waals surface area (Å²) in [5, 5.41) is 2.92. The van der Waals surface area contributed by atoms with Crippen LogP contribution >= 0.6 is 0 Å². The van der Waals surface area contributed by atoms with Gasteiger partial charge in [0.25, 0.3) is 0 Å². The molecule has 1 aromatic heterocycles. The van der Waals surface area contributed by atoms with Crippen LogP contribution in [0.3, 0.4) is 0 Å². The highest BCUT2D eigenvalue weighted by Crippen LogP contribution is 2.17. The summed E-state index contributed by atoms with van der Waals surface area (Å²) < 4.78 is 5.93. The van der Waals surface area contributed by atoms with Crippen molar-refractivity contribution in [3.8, 4) is 0 Å². The molecule has 0 radical (unpaired) electrons. The standard InChI is InChI=1S/C18H20N2O2/c1-4-18(21)19-12-6-5-7-16-14(10-12)15-11-13(20(2)3)8-9-17(15)22-16/h5-10H,4,11H2,1-3H3,(H,19,21). The van der Waals surface area contributed by atoms with Crippen LogP contribution in [0.15, 0.2) is 34.0 Å². The molecule has 22 heavy (non-hydrogen) atoms. The van der Waals surface area contributed by atoms with Crippen LogP contribution in [0.1, 0.15) is 24.5 Å². The highest BCUT2D eigenvalue weighted by atomic mass is 16.3. The number of nitrogens with zero attached hydrogens (tertiary/aromatic N) is 1. The van der Waals surface area contributed by atoms with Crippen molar-refractivity contribution in [1.29, 1.82) is 0 Å². The lowest BCUT2D eigenvalue weighted by Crippen LogP contribution is -2.21. The van der Waals surface area contributed by atoms with E-state index in [0.29, 0.717) is 6.42 Å². The van der Waals surface area contributed by atoms with Gasteiger partial charge in [-0.25, -0.2) is 0 Å². The average molecular weight is 296 g/mol. The molecule has 0 unspecified atom stereocenters. The van der Waals surface area contributed by atoms with Crippen molar-refractivity contribution in [3.05, 3.63) is 51.6 Å². The lowest BCUT2D eigenvalue weighted by Gasteiger charge is -2.18. The number of fused-ring (bicyclic) bond motifs is 3. The molecule has 1 aromatic rings. The first kappa shape index (κ1) is 14.4. The van der Waals surface area contributed by atoms with Gasteiger partial charge in [-0.15, -0.1) is 0 Å². The molecule has 4 nitrogen and oxygen atoms in total. The van der Waals surface area contributed by atoms with Crippen molar-refractivity contribution in [1.82, 2.24) is 10.2 Å². The number of allylic oxidation sites excluding steroid dienone is 4. The minimum atomic E-state index is 0.0113. The fraction of sp³-hybridized carbons (Fsp3) is 0.278. The number of rotatable bonds is 3. The number of furan rings is 1. The number of amides is 1. The zero-order valence-electron chi connectivity index (χ0n) is 13.1. The van der Waals surface area contributed by atoms with E-state index in [9.17, 15) is 4.79 Å². The van der Waals surface area contributed by atoms with E-state index in [1.54, 1.807) is 0 Å². The molecule has 0 aromatic carbocycles. The van der Waals surface area contributed by atoms with Crippen LogP contribution in [0.5, 0.6) is 0 Å². The Bertz CT molecular complexity index is 820. The summed E-state index contributed by atoms with van der Waals surface area (Å²) in [7, 11) is 4.08. The second kappa shape index (κ2) is 5.72. The van der Waals surface area contributed by atoms with Gasteiger partial charge >= 0.3 is 0 Å². The molecule has 0 bridgehead atoms. The number of hydrogen-bond acceptors (Lipinski definition) is 3. The molecule has 1 amide bonds. The molecular formula is C18H20N2O2. The van der Waals surface area contributed by atoms with Gasteiger partial charge in [-0.3, -0.25) is 4.79 Å². The van der Waals surface area contributed by atoms with Crippen LogP contribution in [-0.4, -0.2) is 24.9 Å². The average Bonchev–Trinajstić information content (AvgIpc) is 2.71. The topological polar surface area (TPSA) is 45.5 Å². The maximum atomic E-state index is 11.6. The second-order valence-corrected chi connectivity index (χ2v) is 5.65. The Kier molecular flexibility index (Phi) is 3.75. The van der Waals surface area contributed by atoms with Crippen molar-refractivity contribution in [3.63, 3.8) is 0 Å². The molecular weight excluding hydrogens is 276 g/mol. The molecule has 0 saturated heterocycles. The summed E-state index contributed by atoms with van der Waals surface area (Å²) in [6, 6.07) is 0. The van der Waals surface area contributed by atoms with E-state index in [2.05, 4.69) is 16.3 Å². The highest BCUT2D eigenvalue weighted by Gasteiger charge is 2.17. The smallest absolute Gasteiger partial charge is 0.224 e. The summed E-state index contributed by atoms with van der Waals surface area (Å²) in [4.78, 5) is 13.7. The first-order valence-corrected chi connectivity index (χ1v) is 7.48. The van der Waals surface area contributed by atoms with Crippen molar-refractivity contribution < 1.29 is 9.21 Å². The molecule has 1 N–H and O–H groups in total. The molecule has 0 aliphatic heterocycles. The van der Waals surface area contributed by atoms with Crippen LogP contribution in [-0.2, 0) is 11.2 Å². The third kappa shape index (κ3) is 2.64. The molecule has 114 valence electrons. The van der Waals surface area contributed by atoms with Crippen molar-refractivity contribution in [2.45, 2.75) is 19.8 Å². The number of nitrogens with one attached hydrogen (secondary N) is 1. The maximum absolute atomic E-state index is 11.6. The Balaban J connectivity index is 2.04. The molecule has 1 heterocycles. The van der Waals surface area contributed by atoms with Gasteiger partial charge < -0.3 is 14.6 Å². The van der Waals surface area contributed by atoms with E-state index in [-0.39, 0.29) is 5.91 Å². The Morgan fingerprint density at radius 1 is 1.27 bits per heavy atom. The van der Waals surface area contributed by atoms with E-state index < -0.39 is 0 Å². The van der Waals surface area contributed by atoms with E-state index in [4.69, 9.17) is 4.42 Å². The van der Waals surface area contributed by atoms with E-state index in [1.165, 1.54) is 11.3 Å². The Morgan fingerprint density at radius 2 is 2.09 bits per heavy atom. The highest BCUT2D eigenvalue weighted by molar-refractivity contribution is 5.80. The second-order valence-electron chi connectivity index (χ2n) is 5.65. The predicted molar refractivity (Wildman–Crippen MR) is 87.9 cm³/mol. The Morgan fingerprint density at radius 3 is 2.82 bits per heavy atom. The first-order chi connectivity index (χ1) is 10.6. The Labute approximate surface area is 129 Å². The van der Waals surface area contributed by atoms with Gasteiger partial charge in [0.2, 0.25) is 5.91 Å². The normalized spacial score (nSPS) is 15.4. The van der Waals surface area contributed by atoms with Gasteiger partial charge in [0.15, 0.2) is 0 Å². The molecule has 3 rings (SSSR count).